The van der Waals surface area contributed by atoms with Gasteiger partial charge in [0, 0.05) is 38.9 Å². The number of halogens is 6. The molecule has 4 N–H and O–H groups in total. The monoisotopic (exact) mass is 659 g/mol. The average molecular weight is 660 g/mol. The normalized spacial score (nSPS) is 18.9. The summed E-state index contributed by atoms with van der Waals surface area (Å²) in [5.41, 5.74) is 7.01. The number of hydrogen-bond acceptors (Lipinski definition) is 5. The fourth-order valence-corrected chi connectivity index (χ4v) is 5.65. The molecule has 1 fully saturated rings. The molecule has 0 aromatic heterocycles. The molecule has 2 aromatic carbocycles. The highest BCUT2D eigenvalue weighted by molar-refractivity contribution is 6.42. The second kappa shape index (κ2) is 14.1. The van der Waals surface area contributed by atoms with Crippen molar-refractivity contribution in [3.8, 4) is 0 Å². The van der Waals surface area contributed by atoms with E-state index in [0.717, 1.165) is 16.0 Å². The summed E-state index contributed by atoms with van der Waals surface area (Å²) in [4.78, 5) is 55.1. The molecule has 1 saturated heterocycles. The quantitative estimate of drug-likeness (QED) is 0.277. The number of alkyl halides is 3. The fraction of sp³-hybridized carbons (Fsp3) is 0.448. The van der Waals surface area contributed by atoms with E-state index in [1.165, 1.54) is 17.0 Å². The van der Waals surface area contributed by atoms with E-state index in [0.29, 0.717) is 0 Å². The number of anilines is 1. The molecular weight excluding hydrogens is 629 g/mol. The Morgan fingerprint density at radius 1 is 1.02 bits per heavy atom. The van der Waals surface area contributed by atoms with Gasteiger partial charge < -0.3 is 26.2 Å². The molecular formula is C29H31Cl2F4N5O4. The van der Waals surface area contributed by atoms with Crippen LogP contribution in [0.3, 0.4) is 0 Å². The molecule has 238 valence electrons. The van der Waals surface area contributed by atoms with Gasteiger partial charge in [0.1, 0.15) is 12.1 Å². The van der Waals surface area contributed by atoms with Crippen LogP contribution in [0, 0.1) is 11.7 Å². The van der Waals surface area contributed by atoms with Crippen LogP contribution in [0.25, 0.3) is 0 Å². The molecule has 1 unspecified atom stereocenters. The van der Waals surface area contributed by atoms with E-state index < -0.39 is 60.2 Å². The Morgan fingerprint density at radius 3 is 2.36 bits per heavy atom. The molecule has 44 heavy (non-hydrogen) atoms. The van der Waals surface area contributed by atoms with Gasteiger partial charge in [0.2, 0.25) is 23.6 Å². The predicted octanol–water partition coefficient (Wildman–Crippen LogP) is 4.05. The highest BCUT2D eigenvalue weighted by Gasteiger charge is 2.44. The van der Waals surface area contributed by atoms with E-state index in [-0.39, 0.29) is 67.5 Å². The summed E-state index contributed by atoms with van der Waals surface area (Å²) >= 11 is 11.6. The van der Waals surface area contributed by atoms with Crippen LogP contribution in [-0.2, 0) is 32.1 Å². The van der Waals surface area contributed by atoms with Crippen LogP contribution in [0.5, 0.6) is 0 Å². The Labute approximate surface area is 261 Å². The Kier molecular flexibility index (Phi) is 10.7. The molecule has 2 heterocycles. The first-order valence-electron chi connectivity index (χ1n) is 14.0. The molecule has 0 bridgehead atoms. The minimum atomic E-state index is -4.40. The molecule has 0 radical (unpaired) electrons. The second-order valence-electron chi connectivity index (χ2n) is 10.7. The van der Waals surface area contributed by atoms with Gasteiger partial charge in [-0.15, -0.1) is 0 Å². The van der Waals surface area contributed by atoms with E-state index in [2.05, 4.69) is 10.6 Å². The first kappa shape index (κ1) is 33.5. The van der Waals surface area contributed by atoms with Crippen molar-refractivity contribution >= 4 is 52.5 Å². The van der Waals surface area contributed by atoms with Crippen LogP contribution < -0.4 is 16.4 Å². The van der Waals surface area contributed by atoms with Crippen molar-refractivity contribution in [1.29, 1.82) is 0 Å². The maximum absolute atomic E-state index is 14.5. The van der Waals surface area contributed by atoms with Crippen LogP contribution in [0.4, 0.5) is 23.2 Å². The molecule has 9 nitrogen and oxygen atoms in total. The number of hydrogen-bond donors (Lipinski definition) is 3. The third kappa shape index (κ3) is 7.80. The summed E-state index contributed by atoms with van der Waals surface area (Å²) in [6.07, 6.45) is -5.13. The highest BCUT2D eigenvalue weighted by Crippen LogP contribution is 2.34. The largest absolute Gasteiger partial charge is 0.393 e. The van der Waals surface area contributed by atoms with Crippen molar-refractivity contribution in [2.45, 2.75) is 56.9 Å². The van der Waals surface area contributed by atoms with E-state index in [4.69, 9.17) is 28.9 Å². The smallest absolute Gasteiger partial charge is 0.342 e. The summed E-state index contributed by atoms with van der Waals surface area (Å²) < 4.78 is 53.7. The zero-order valence-electron chi connectivity index (χ0n) is 23.4. The van der Waals surface area contributed by atoms with Gasteiger partial charge >= 0.3 is 6.18 Å². The maximum Gasteiger partial charge on any atom is 0.393 e. The first-order valence-corrected chi connectivity index (χ1v) is 14.7. The van der Waals surface area contributed by atoms with Gasteiger partial charge in [0.05, 0.1) is 21.7 Å². The lowest BCUT2D eigenvalue weighted by Crippen LogP contribution is -2.56. The van der Waals surface area contributed by atoms with Gasteiger partial charge in [-0.2, -0.15) is 13.2 Å². The van der Waals surface area contributed by atoms with E-state index in [1.54, 1.807) is 18.2 Å². The Balaban J connectivity index is 1.46. The molecule has 0 spiro atoms. The van der Waals surface area contributed by atoms with E-state index in [9.17, 15) is 36.7 Å². The number of nitrogens with two attached hydrogens (primary N) is 1. The minimum Gasteiger partial charge on any atom is -0.342 e. The van der Waals surface area contributed by atoms with Crippen LogP contribution in [0.15, 0.2) is 36.4 Å². The lowest BCUT2D eigenvalue weighted by molar-refractivity contribution is -0.171. The lowest BCUT2D eigenvalue weighted by Gasteiger charge is -2.37. The number of likely N-dealkylation sites (tertiary alicyclic amines) is 1. The molecule has 3 atom stereocenters. The fourth-order valence-electron chi connectivity index (χ4n) is 5.33. The van der Waals surface area contributed by atoms with Gasteiger partial charge in [0.25, 0.3) is 0 Å². The summed E-state index contributed by atoms with van der Waals surface area (Å²) in [5.74, 6) is -5.11. The van der Waals surface area contributed by atoms with Gasteiger partial charge in [-0.1, -0.05) is 47.5 Å². The van der Waals surface area contributed by atoms with Crippen LogP contribution >= 0.6 is 23.2 Å². The third-order valence-electron chi connectivity index (χ3n) is 7.81. The van der Waals surface area contributed by atoms with Crippen LogP contribution in [-0.4, -0.2) is 71.3 Å². The van der Waals surface area contributed by atoms with E-state index >= 15 is 0 Å². The summed E-state index contributed by atoms with van der Waals surface area (Å²) in [6.45, 7) is -0.457. The molecule has 0 saturated carbocycles. The number of nitrogens with zero attached hydrogens (tertiary/aromatic N) is 2. The maximum atomic E-state index is 14.5. The molecule has 2 aliphatic heterocycles. The minimum absolute atomic E-state index is 0.00776. The van der Waals surface area contributed by atoms with Crippen molar-refractivity contribution in [2.75, 3.05) is 25.0 Å². The van der Waals surface area contributed by atoms with Crippen molar-refractivity contribution in [1.82, 2.24) is 15.1 Å². The molecule has 4 amide bonds. The van der Waals surface area contributed by atoms with Gasteiger partial charge in [0.15, 0.2) is 5.82 Å². The van der Waals surface area contributed by atoms with Crippen molar-refractivity contribution < 1.29 is 36.7 Å². The first-order chi connectivity index (χ1) is 20.8. The third-order valence-corrected chi connectivity index (χ3v) is 8.59. The highest BCUT2D eigenvalue weighted by atomic mass is 35.5. The summed E-state index contributed by atoms with van der Waals surface area (Å²) in [7, 11) is 0. The summed E-state index contributed by atoms with van der Waals surface area (Å²) in [5, 5.41) is 4.54. The zero-order valence-corrected chi connectivity index (χ0v) is 24.9. The number of carbonyl (C=O) groups excluding carboxylic acids is 4. The van der Waals surface area contributed by atoms with Crippen molar-refractivity contribution in [3.05, 3.63) is 63.4 Å². The van der Waals surface area contributed by atoms with Gasteiger partial charge in [-0.3, -0.25) is 19.2 Å². The number of fused-ring (bicyclic) bond motifs is 1. The molecule has 4 rings (SSSR count). The van der Waals surface area contributed by atoms with Crippen molar-refractivity contribution in [2.24, 2.45) is 11.7 Å². The number of benzene rings is 2. The van der Waals surface area contributed by atoms with Crippen LogP contribution in [0.2, 0.25) is 10.0 Å². The van der Waals surface area contributed by atoms with E-state index in [1.807, 2.05) is 6.07 Å². The Morgan fingerprint density at radius 2 is 1.70 bits per heavy atom. The molecule has 2 aliphatic rings. The number of amides is 4. The molecule has 0 aliphatic carbocycles. The van der Waals surface area contributed by atoms with Gasteiger partial charge in [-0.05, 0) is 42.6 Å². The number of rotatable bonds is 9. The standard InChI is InChI=1S/C29H31Cl2F4N5O4/c30-19-5-6-20(26(32)25(19)31)37-27(43)21(9-11-36)38-28(44)22-13-16-3-1-2-4-17(16)14-40(22)24(42)8-7-23(41)39-12-10-18(15-39)29(33,34)35/h1-6,18,21-22H,7-15,36H2,(H,37,43)(H,38,44)/t18?,21-,22-/m0/s1. The Hall–Kier alpha value is -3.42. The van der Waals surface area contributed by atoms with Crippen molar-refractivity contribution in [3.63, 3.8) is 0 Å². The Bertz CT molecular complexity index is 1430. The lowest BCUT2D eigenvalue weighted by atomic mass is 9.92. The topological polar surface area (TPSA) is 125 Å². The van der Waals surface area contributed by atoms with Gasteiger partial charge in [-0.25, -0.2) is 4.39 Å². The molecule has 2 aromatic rings. The predicted molar refractivity (Wildman–Crippen MR) is 155 cm³/mol. The zero-order chi connectivity index (χ0) is 32.2. The number of nitrogens with one attached hydrogen (secondary N) is 2. The number of carbonyl (C=O) groups is 4. The molecule has 15 heteroatoms. The second-order valence-corrected chi connectivity index (χ2v) is 11.5. The summed E-state index contributed by atoms with van der Waals surface area (Å²) in [6, 6.07) is 7.41. The SMILES string of the molecule is NCC[C@H](NC(=O)[C@@H]1Cc2ccccc2CN1C(=O)CCC(=O)N1CCC(C(F)(F)F)C1)C(=O)Nc1ccc(Cl)c(Cl)c1F. The van der Waals surface area contributed by atoms with Crippen LogP contribution in [0.1, 0.15) is 36.8 Å². The average Bonchev–Trinajstić information content (AvgIpc) is 3.50.